The van der Waals surface area contributed by atoms with Crippen LogP contribution in [0, 0.1) is 0 Å². The van der Waals surface area contributed by atoms with Crippen molar-refractivity contribution in [2.24, 2.45) is 0 Å². The Hall–Kier alpha value is -1.58. The fourth-order valence-electron chi connectivity index (χ4n) is 2.24. The molecule has 6 nitrogen and oxygen atoms in total. The molecule has 1 aliphatic heterocycles. The molecule has 0 fully saturated rings. The smallest absolute Gasteiger partial charge is 0.237 e. The molecule has 0 atom stereocenters. The molecule has 1 aliphatic rings. The Labute approximate surface area is 152 Å². The number of anilines is 2. The van der Waals surface area contributed by atoms with Gasteiger partial charge in [-0.15, -0.1) is 22.0 Å². The third-order valence-corrected chi connectivity index (χ3v) is 6.19. The molecule has 126 valence electrons. The third-order valence-electron chi connectivity index (χ3n) is 3.29. The molecular weight excluding hydrogens is 364 g/mol. The van der Waals surface area contributed by atoms with Crippen LogP contribution in [0.3, 0.4) is 0 Å². The fraction of sp³-hybridized carbons (Fsp3) is 0.333. The highest BCUT2D eigenvalue weighted by Gasteiger charge is 2.24. The number of hydrogen-bond donors (Lipinski definition) is 1. The van der Waals surface area contributed by atoms with Crippen LogP contribution in [0.15, 0.2) is 33.5 Å². The molecule has 1 aromatic heterocycles. The third kappa shape index (κ3) is 4.08. The second-order valence-corrected chi connectivity index (χ2v) is 8.41. The predicted molar refractivity (Wildman–Crippen MR) is 99.1 cm³/mol. The average molecular weight is 381 g/mol. The van der Waals surface area contributed by atoms with Crippen LogP contribution in [0.4, 0.5) is 10.8 Å². The first-order chi connectivity index (χ1) is 11.7. The summed E-state index contributed by atoms with van der Waals surface area (Å²) in [5.41, 5.74) is 0.879. The molecule has 0 saturated carbocycles. The Morgan fingerprint density at radius 1 is 1.38 bits per heavy atom. The highest BCUT2D eigenvalue weighted by Crippen LogP contribution is 2.34. The second-order valence-electron chi connectivity index (χ2n) is 4.91. The zero-order valence-corrected chi connectivity index (χ0v) is 15.5. The van der Waals surface area contributed by atoms with Gasteiger partial charge in [0.1, 0.15) is 0 Å². The number of benzene rings is 1. The Balaban J connectivity index is 1.58. The standard InChI is InChI=1S/C15H16N4O2S3/c1-2-22-15-18-17-14(24-15)16-12(20)7-8-19-10-5-3-4-6-11(10)23-9-13(19)21/h3-6H,2,7-9H2,1H3,(H,16,17,20). The molecule has 3 rings (SSSR count). The van der Waals surface area contributed by atoms with Gasteiger partial charge in [-0.25, -0.2) is 0 Å². The Morgan fingerprint density at radius 2 is 2.21 bits per heavy atom. The van der Waals surface area contributed by atoms with E-state index in [1.54, 1.807) is 16.7 Å². The van der Waals surface area contributed by atoms with Gasteiger partial charge in [0.05, 0.1) is 11.4 Å². The summed E-state index contributed by atoms with van der Waals surface area (Å²) in [5, 5.41) is 11.2. The van der Waals surface area contributed by atoms with Crippen LogP contribution in [0.2, 0.25) is 0 Å². The monoisotopic (exact) mass is 380 g/mol. The summed E-state index contributed by atoms with van der Waals surface area (Å²) in [5.74, 6) is 1.19. The largest absolute Gasteiger partial charge is 0.310 e. The molecule has 0 spiro atoms. The first-order valence-electron chi connectivity index (χ1n) is 7.45. The van der Waals surface area contributed by atoms with Gasteiger partial charge in [-0.2, -0.15) is 0 Å². The number of hydrogen-bond acceptors (Lipinski definition) is 7. The van der Waals surface area contributed by atoms with Gasteiger partial charge in [-0.1, -0.05) is 42.2 Å². The van der Waals surface area contributed by atoms with E-state index < -0.39 is 0 Å². The number of nitrogens with zero attached hydrogens (tertiary/aromatic N) is 3. The number of carbonyl (C=O) groups excluding carboxylic acids is 2. The van der Waals surface area contributed by atoms with E-state index in [1.165, 1.54) is 23.1 Å². The van der Waals surface area contributed by atoms with Crippen LogP contribution in [0.1, 0.15) is 13.3 Å². The van der Waals surface area contributed by atoms with E-state index >= 15 is 0 Å². The van der Waals surface area contributed by atoms with E-state index in [0.717, 1.165) is 20.7 Å². The zero-order valence-electron chi connectivity index (χ0n) is 13.0. The topological polar surface area (TPSA) is 75.2 Å². The molecule has 2 amide bonds. The Kier molecular flexibility index (Phi) is 5.75. The number of thioether (sulfide) groups is 2. The van der Waals surface area contributed by atoms with Gasteiger partial charge in [0, 0.05) is 17.9 Å². The maximum atomic E-state index is 12.2. The Morgan fingerprint density at radius 3 is 3.04 bits per heavy atom. The average Bonchev–Trinajstić information content (AvgIpc) is 3.01. The summed E-state index contributed by atoms with van der Waals surface area (Å²) in [7, 11) is 0. The zero-order chi connectivity index (χ0) is 16.9. The Bertz CT molecular complexity index is 750. The molecule has 0 aliphatic carbocycles. The van der Waals surface area contributed by atoms with Gasteiger partial charge in [0.25, 0.3) is 0 Å². The molecule has 0 unspecified atom stereocenters. The highest BCUT2D eigenvalue weighted by atomic mass is 32.2. The van der Waals surface area contributed by atoms with Crippen molar-refractivity contribution >= 4 is 57.5 Å². The van der Waals surface area contributed by atoms with Gasteiger partial charge in [0.2, 0.25) is 16.9 Å². The highest BCUT2D eigenvalue weighted by molar-refractivity contribution is 8.01. The number of amides is 2. The number of para-hydroxylation sites is 1. The summed E-state index contributed by atoms with van der Waals surface area (Å²) < 4.78 is 0.838. The maximum absolute atomic E-state index is 12.2. The minimum absolute atomic E-state index is 0.0315. The molecule has 2 heterocycles. The van der Waals surface area contributed by atoms with Crippen molar-refractivity contribution in [2.45, 2.75) is 22.6 Å². The summed E-state index contributed by atoms with van der Waals surface area (Å²) in [6.45, 7) is 2.40. The molecule has 9 heteroatoms. The van der Waals surface area contributed by atoms with Crippen LogP contribution in [-0.2, 0) is 9.59 Å². The molecular formula is C15H16N4O2S3. The number of fused-ring (bicyclic) bond motifs is 1. The number of rotatable bonds is 6. The van der Waals surface area contributed by atoms with Crippen LogP contribution >= 0.6 is 34.9 Å². The van der Waals surface area contributed by atoms with Crippen LogP contribution < -0.4 is 10.2 Å². The lowest BCUT2D eigenvalue weighted by molar-refractivity contribution is -0.117. The van der Waals surface area contributed by atoms with Crippen molar-refractivity contribution in [1.82, 2.24) is 10.2 Å². The van der Waals surface area contributed by atoms with Gasteiger partial charge >= 0.3 is 0 Å². The first-order valence-corrected chi connectivity index (χ1v) is 10.2. The van der Waals surface area contributed by atoms with Gasteiger partial charge in [0.15, 0.2) is 4.34 Å². The minimum Gasteiger partial charge on any atom is -0.310 e. The van der Waals surface area contributed by atoms with Crippen LogP contribution in [-0.4, -0.2) is 40.1 Å². The summed E-state index contributed by atoms with van der Waals surface area (Å²) in [4.78, 5) is 27.0. The molecule has 0 saturated heterocycles. The summed E-state index contributed by atoms with van der Waals surface area (Å²) >= 11 is 4.49. The van der Waals surface area contributed by atoms with Crippen molar-refractivity contribution in [1.29, 1.82) is 0 Å². The molecule has 24 heavy (non-hydrogen) atoms. The van der Waals surface area contributed by atoms with Crippen LogP contribution in [0.25, 0.3) is 0 Å². The normalized spacial score (nSPS) is 13.7. The number of aromatic nitrogens is 2. The lowest BCUT2D eigenvalue weighted by Crippen LogP contribution is -2.37. The van der Waals surface area contributed by atoms with E-state index in [2.05, 4.69) is 15.5 Å². The second kappa shape index (κ2) is 8.00. The van der Waals surface area contributed by atoms with Gasteiger partial charge in [-0.3, -0.25) is 9.59 Å². The SMILES string of the molecule is CCSc1nnc(NC(=O)CCN2C(=O)CSc3ccccc32)s1. The van der Waals surface area contributed by atoms with E-state index in [1.807, 2.05) is 31.2 Å². The maximum Gasteiger partial charge on any atom is 0.237 e. The van der Waals surface area contributed by atoms with E-state index in [-0.39, 0.29) is 18.2 Å². The lowest BCUT2D eigenvalue weighted by atomic mass is 10.2. The molecule has 1 N–H and O–H groups in total. The molecule has 1 aromatic carbocycles. The summed E-state index contributed by atoms with van der Waals surface area (Å²) in [6, 6.07) is 7.76. The molecule has 2 aromatic rings. The summed E-state index contributed by atoms with van der Waals surface area (Å²) in [6.07, 6.45) is 0.223. The van der Waals surface area contributed by atoms with Crippen molar-refractivity contribution in [2.75, 3.05) is 28.3 Å². The predicted octanol–water partition coefficient (Wildman–Crippen LogP) is 3.12. The quantitative estimate of drug-likeness (QED) is 0.613. The van der Waals surface area contributed by atoms with Crippen molar-refractivity contribution < 1.29 is 9.59 Å². The van der Waals surface area contributed by atoms with Crippen molar-refractivity contribution in [3.63, 3.8) is 0 Å². The number of carbonyl (C=O) groups is 2. The minimum atomic E-state index is -0.164. The van der Waals surface area contributed by atoms with Crippen LogP contribution in [0.5, 0.6) is 0 Å². The lowest BCUT2D eigenvalue weighted by Gasteiger charge is -2.28. The van der Waals surface area contributed by atoms with Crippen molar-refractivity contribution in [3.05, 3.63) is 24.3 Å². The van der Waals surface area contributed by atoms with Gasteiger partial charge < -0.3 is 10.2 Å². The first kappa shape index (κ1) is 17.2. The van der Waals surface area contributed by atoms with Gasteiger partial charge in [-0.05, 0) is 17.9 Å². The molecule has 0 radical (unpaired) electrons. The number of nitrogens with one attached hydrogen (secondary N) is 1. The fourth-order valence-corrected chi connectivity index (χ4v) is 4.84. The van der Waals surface area contributed by atoms with E-state index in [9.17, 15) is 9.59 Å². The van der Waals surface area contributed by atoms with E-state index in [0.29, 0.717) is 17.4 Å². The van der Waals surface area contributed by atoms with E-state index in [4.69, 9.17) is 0 Å². The van der Waals surface area contributed by atoms with Crippen molar-refractivity contribution in [3.8, 4) is 0 Å². The molecule has 0 bridgehead atoms.